The smallest absolute Gasteiger partial charge is 0.157 e. The van der Waals surface area contributed by atoms with Crippen LogP contribution in [0.15, 0.2) is 48.5 Å². The fourth-order valence-electron chi connectivity index (χ4n) is 3.37. The van der Waals surface area contributed by atoms with Crippen molar-refractivity contribution in [2.24, 2.45) is 0 Å². The Balaban J connectivity index is 0.000000278. The first-order valence-electron chi connectivity index (χ1n) is 11.0. The van der Waals surface area contributed by atoms with E-state index in [4.69, 9.17) is 25.8 Å². The second-order valence-corrected chi connectivity index (χ2v) is 8.21. The predicted octanol–water partition coefficient (Wildman–Crippen LogP) is 3.99. The van der Waals surface area contributed by atoms with Gasteiger partial charge in [0.15, 0.2) is 6.29 Å². The fraction of sp³-hybridized carbons (Fsp3) is 0.480. The summed E-state index contributed by atoms with van der Waals surface area (Å²) in [6.45, 7) is 5.84. The number of halogens is 1. The van der Waals surface area contributed by atoms with E-state index in [-0.39, 0.29) is 12.7 Å². The van der Waals surface area contributed by atoms with Gasteiger partial charge < -0.3 is 24.4 Å². The lowest BCUT2D eigenvalue weighted by Gasteiger charge is -2.33. The van der Waals surface area contributed by atoms with Crippen molar-refractivity contribution < 1.29 is 19.0 Å². The zero-order valence-corrected chi connectivity index (χ0v) is 20.0. The number of aryl methyl sites for hydroxylation is 1. The van der Waals surface area contributed by atoms with Crippen molar-refractivity contribution >= 4 is 17.9 Å². The molecule has 2 aromatic carbocycles. The Morgan fingerprint density at radius 1 is 1.06 bits per heavy atom. The van der Waals surface area contributed by atoms with Crippen LogP contribution in [-0.4, -0.2) is 70.3 Å². The summed E-state index contributed by atoms with van der Waals surface area (Å²) < 4.78 is 16.4. The van der Waals surface area contributed by atoms with E-state index in [2.05, 4.69) is 10.2 Å². The van der Waals surface area contributed by atoms with Gasteiger partial charge in [-0.15, -0.1) is 0 Å². The maximum Gasteiger partial charge on any atom is 0.157 e. The van der Waals surface area contributed by atoms with E-state index in [1.54, 1.807) is 7.11 Å². The average Bonchev–Trinajstić information content (AvgIpc) is 2.83. The van der Waals surface area contributed by atoms with E-state index in [1.807, 2.05) is 62.5 Å². The molecule has 0 radical (unpaired) electrons. The number of nitrogens with zero attached hydrogens (tertiary/aromatic N) is 1. The molecule has 0 amide bonds. The van der Waals surface area contributed by atoms with Crippen LogP contribution in [0.5, 0.6) is 11.5 Å². The largest absolute Gasteiger partial charge is 0.491 e. The first-order chi connectivity index (χ1) is 15.5. The molecule has 7 heteroatoms. The first-order valence-corrected chi connectivity index (χ1v) is 11.4. The van der Waals surface area contributed by atoms with E-state index in [0.29, 0.717) is 12.6 Å². The second kappa shape index (κ2) is 14.9. The van der Waals surface area contributed by atoms with Crippen LogP contribution in [0.4, 0.5) is 0 Å². The summed E-state index contributed by atoms with van der Waals surface area (Å²) in [5, 5.41) is 4.07. The Morgan fingerprint density at radius 2 is 1.66 bits per heavy atom. The molecule has 0 aromatic heterocycles. The maximum absolute atomic E-state index is 9.92. The number of aldehydes is 1. The molecule has 1 saturated heterocycles. The van der Waals surface area contributed by atoms with Gasteiger partial charge in [-0.2, -0.15) is 0 Å². The van der Waals surface area contributed by atoms with Gasteiger partial charge >= 0.3 is 0 Å². The minimum Gasteiger partial charge on any atom is -0.491 e. The van der Waals surface area contributed by atoms with E-state index in [9.17, 15) is 4.79 Å². The highest BCUT2D eigenvalue weighted by Gasteiger charge is 2.21. The lowest BCUT2D eigenvalue weighted by Crippen LogP contribution is -2.45. The Hall–Kier alpha value is -2.12. The Labute approximate surface area is 196 Å². The number of piperidine rings is 1. The molecule has 176 valence electrons. The Bertz CT molecular complexity index is 763. The van der Waals surface area contributed by atoms with Gasteiger partial charge in [-0.1, -0.05) is 29.3 Å². The predicted molar refractivity (Wildman–Crippen MR) is 129 cm³/mol. The third kappa shape index (κ3) is 10.0. The van der Waals surface area contributed by atoms with Gasteiger partial charge in [0.1, 0.15) is 30.8 Å². The molecule has 0 aliphatic carbocycles. The maximum atomic E-state index is 9.92. The number of carbonyl (C=O) groups is 1. The molecule has 1 fully saturated rings. The van der Waals surface area contributed by atoms with Crippen molar-refractivity contribution in [3.8, 4) is 11.5 Å². The zero-order valence-electron chi connectivity index (χ0n) is 19.3. The number of rotatable bonds is 10. The van der Waals surface area contributed by atoms with Crippen LogP contribution in [0, 0.1) is 6.92 Å². The van der Waals surface area contributed by atoms with E-state index in [1.165, 1.54) is 18.4 Å². The molecule has 3 rings (SSSR count). The summed E-state index contributed by atoms with van der Waals surface area (Å²) in [7, 11) is 3.79. The molecule has 1 aliphatic heterocycles. The second-order valence-electron chi connectivity index (χ2n) is 7.78. The van der Waals surface area contributed by atoms with Crippen LogP contribution in [0.3, 0.4) is 0 Å². The van der Waals surface area contributed by atoms with Crippen molar-refractivity contribution in [3.63, 3.8) is 0 Å². The minimum atomic E-state index is 0.0896. The molecule has 6 nitrogen and oxygen atoms in total. The monoisotopic (exact) mass is 462 g/mol. The van der Waals surface area contributed by atoms with Crippen molar-refractivity contribution in [2.45, 2.75) is 31.9 Å². The summed E-state index contributed by atoms with van der Waals surface area (Å²) in [4.78, 5) is 12.4. The molecule has 2 aromatic rings. The molecule has 1 unspecified atom stereocenters. The highest BCUT2D eigenvalue weighted by atomic mass is 35.5. The molecular formula is C25H35ClN2O4. The Morgan fingerprint density at radius 3 is 2.22 bits per heavy atom. The number of ether oxygens (including phenoxy) is 3. The SMILES string of the molecule is CNC1CCN(CC(COc2ccc(Cl)cc2)OC)CC1.Cc1ccc(OCC=O)cc1. The van der Waals surface area contributed by atoms with Crippen LogP contribution in [0.1, 0.15) is 18.4 Å². The standard InChI is InChI=1S/C16H25ClN2O2.C9H10O2/c1-18-14-7-9-19(10-8-14)11-16(20-2)12-21-15-5-3-13(17)4-6-15;1-8-2-4-9(5-3-8)11-7-6-10/h3-6,14,16,18H,7-12H2,1-2H3;2-6H,7H2,1H3. The van der Waals surface area contributed by atoms with Gasteiger partial charge in [0, 0.05) is 24.7 Å². The first kappa shape index (κ1) is 26.1. The summed E-state index contributed by atoms with van der Waals surface area (Å²) in [5.74, 6) is 1.57. The van der Waals surface area contributed by atoms with Crippen LogP contribution >= 0.6 is 11.6 Å². The molecule has 32 heavy (non-hydrogen) atoms. The van der Waals surface area contributed by atoms with Crippen molar-refractivity contribution in [3.05, 3.63) is 59.1 Å². The van der Waals surface area contributed by atoms with E-state index < -0.39 is 0 Å². The molecule has 1 N–H and O–H groups in total. The Kier molecular flexibility index (Phi) is 12.1. The van der Waals surface area contributed by atoms with Crippen molar-refractivity contribution in [1.29, 1.82) is 0 Å². The molecule has 1 aliphatic rings. The van der Waals surface area contributed by atoms with E-state index >= 15 is 0 Å². The fourth-order valence-corrected chi connectivity index (χ4v) is 3.50. The van der Waals surface area contributed by atoms with Crippen LogP contribution in [0.2, 0.25) is 5.02 Å². The average molecular weight is 463 g/mol. The molecule has 0 spiro atoms. The number of nitrogens with one attached hydrogen (secondary N) is 1. The number of hydrogen-bond acceptors (Lipinski definition) is 6. The van der Waals surface area contributed by atoms with E-state index in [0.717, 1.165) is 42.4 Å². The number of likely N-dealkylation sites (tertiary alicyclic amines) is 1. The molecule has 0 saturated carbocycles. The highest BCUT2D eigenvalue weighted by molar-refractivity contribution is 6.30. The third-order valence-electron chi connectivity index (χ3n) is 5.38. The van der Waals surface area contributed by atoms with Gasteiger partial charge in [-0.3, -0.25) is 4.79 Å². The van der Waals surface area contributed by atoms with Crippen LogP contribution < -0.4 is 14.8 Å². The van der Waals surface area contributed by atoms with Gasteiger partial charge in [-0.25, -0.2) is 0 Å². The van der Waals surface area contributed by atoms with Crippen LogP contribution in [-0.2, 0) is 9.53 Å². The minimum absolute atomic E-state index is 0.0896. The third-order valence-corrected chi connectivity index (χ3v) is 5.63. The number of methoxy groups -OCH3 is 1. The normalized spacial score (nSPS) is 15.4. The molecule has 1 atom stereocenters. The lowest BCUT2D eigenvalue weighted by molar-refractivity contribution is -0.109. The van der Waals surface area contributed by atoms with Gasteiger partial charge in [0.25, 0.3) is 0 Å². The quantitative estimate of drug-likeness (QED) is 0.539. The lowest BCUT2D eigenvalue weighted by atomic mass is 10.1. The zero-order chi connectivity index (χ0) is 23.2. The molecular weight excluding hydrogens is 428 g/mol. The van der Waals surface area contributed by atoms with Gasteiger partial charge in [0.05, 0.1) is 0 Å². The van der Waals surface area contributed by atoms with Crippen molar-refractivity contribution in [1.82, 2.24) is 10.2 Å². The summed E-state index contributed by atoms with van der Waals surface area (Å²) >= 11 is 5.86. The highest BCUT2D eigenvalue weighted by Crippen LogP contribution is 2.16. The number of carbonyl (C=O) groups excluding carboxylic acids is 1. The molecule has 0 bridgehead atoms. The summed E-state index contributed by atoms with van der Waals surface area (Å²) in [6.07, 6.45) is 3.22. The summed E-state index contributed by atoms with van der Waals surface area (Å²) in [5.41, 5.74) is 1.18. The van der Waals surface area contributed by atoms with Gasteiger partial charge in [0.2, 0.25) is 0 Å². The van der Waals surface area contributed by atoms with Crippen LogP contribution in [0.25, 0.3) is 0 Å². The topological polar surface area (TPSA) is 60.0 Å². The summed E-state index contributed by atoms with van der Waals surface area (Å²) in [6, 6.07) is 15.7. The number of benzene rings is 2. The van der Waals surface area contributed by atoms with Gasteiger partial charge in [-0.05, 0) is 76.3 Å². The molecule has 1 heterocycles. The number of hydrogen-bond donors (Lipinski definition) is 1. The van der Waals surface area contributed by atoms with Crippen molar-refractivity contribution in [2.75, 3.05) is 47.0 Å².